The molecule has 9 nitrogen and oxygen atoms in total. The first-order chi connectivity index (χ1) is 8.63. The topological polar surface area (TPSA) is 118 Å². The van der Waals surface area contributed by atoms with Gasteiger partial charge in [-0.3, -0.25) is 4.79 Å². The van der Waals surface area contributed by atoms with Crippen molar-refractivity contribution in [2.45, 2.75) is 6.54 Å². The Kier molecular flexibility index (Phi) is 5.58. The van der Waals surface area contributed by atoms with Gasteiger partial charge in [-0.15, -0.1) is 0 Å². The number of carboxylic acids is 1. The zero-order chi connectivity index (χ0) is 13.4. The molecule has 0 radical (unpaired) electrons. The van der Waals surface area contributed by atoms with Crippen molar-refractivity contribution in [1.82, 2.24) is 20.4 Å². The number of aromatic nitrogens is 2. The second-order valence-electron chi connectivity index (χ2n) is 3.31. The molecule has 0 aliphatic carbocycles. The summed E-state index contributed by atoms with van der Waals surface area (Å²) in [6.07, 6.45) is 1.14. The lowest BCUT2D eigenvalue weighted by molar-refractivity contribution is -0.137. The zero-order valence-electron chi connectivity index (χ0n) is 9.83. The molecule has 0 aliphatic rings. The molecule has 0 saturated heterocycles. The molecule has 0 unspecified atom stereocenters. The van der Waals surface area contributed by atoms with Crippen molar-refractivity contribution in [1.29, 1.82) is 0 Å². The summed E-state index contributed by atoms with van der Waals surface area (Å²) in [5, 5.41) is 14.7. The van der Waals surface area contributed by atoms with Gasteiger partial charge < -0.3 is 24.6 Å². The minimum Gasteiger partial charge on any atom is -0.480 e. The molecular weight excluding hydrogens is 244 g/mol. The number of amides is 2. The number of ether oxygens (including phenoxy) is 1. The van der Waals surface area contributed by atoms with Gasteiger partial charge in [-0.05, 0) is 0 Å². The van der Waals surface area contributed by atoms with Crippen LogP contribution in [0.1, 0.15) is 5.82 Å². The second kappa shape index (κ2) is 7.22. The molecule has 0 aromatic carbocycles. The number of methoxy groups -OCH3 is 1. The molecule has 1 aromatic rings. The number of nitrogens with zero attached hydrogens (tertiary/aromatic N) is 3. The van der Waals surface area contributed by atoms with E-state index in [0.717, 1.165) is 11.3 Å². The van der Waals surface area contributed by atoms with Crippen molar-refractivity contribution in [2.75, 3.05) is 26.8 Å². The largest absolute Gasteiger partial charge is 0.480 e. The summed E-state index contributed by atoms with van der Waals surface area (Å²) in [6, 6.07) is -0.528. The Bertz CT molecular complexity index is 380. The molecule has 2 amide bonds. The number of carboxylic acid groups (broad SMARTS) is 1. The van der Waals surface area contributed by atoms with E-state index in [-0.39, 0.29) is 19.7 Å². The number of nitrogens with one attached hydrogen (secondary N) is 1. The summed E-state index contributed by atoms with van der Waals surface area (Å²) in [4.78, 5) is 27.1. The third-order valence-corrected chi connectivity index (χ3v) is 1.98. The van der Waals surface area contributed by atoms with E-state index in [2.05, 4.69) is 20.0 Å². The van der Waals surface area contributed by atoms with Crippen molar-refractivity contribution in [3.63, 3.8) is 0 Å². The Morgan fingerprint density at radius 1 is 1.61 bits per heavy atom. The molecule has 0 bridgehead atoms. The summed E-state index contributed by atoms with van der Waals surface area (Å²) in [7, 11) is 1.47. The molecule has 1 rings (SSSR count). The lowest BCUT2D eigenvalue weighted by Crippen LogP contribution is -2.44. The predicted molar refractivity (Wildman–Crippen MR) is 57.6 cm³/mol. The standard InChI is InChI=1S/C9H14N4O5/c1-17-3-2-13(5-8(14)15)9(16)10-4-7-11-6-18-12-7/h6H,2-5H2,1H3,(H,10,16)(H,14,15). The summed E-state index contributed by atoms with van der Waals surface area (Å²) in [5.41, 5.74) is 0. The van der Waals surface area contributed by atoms with Gasteiger partial charge in [0.15, 0.2) is 5.82 Å². The molecular formula is C9H14N4O5. The molecule has 0 fully saturated rings. The number of hydrogen-bond acceptors (Lipinski definition) is 6. The van der Waals surface area contributed by atoms with E-state index < -0.39 is 18.5 Å². The van der Waals surface area contributed by atoms with Crippen LogP contribution in [0.4, 0.5) is 4.79 Å². The van der Waals surface area contributed by atoms with Gasteiger partial charge in [0.25, 0.3) is 0 Å². The molecule has 18 heavy (non-hydrogen) atoms. The average molecular weight is 258 g/mol. The Balaban J connectivity index is 2.44. The van der Waals surface area contributed by atoms with Crippen LogP contribution in [-0.2, 0) is 16.1 Å². The van der Waals surface area contributed by atoms with Gasteiger partial charge in [-0.25, -0.2) is 4.79 Å². The highest BCUT2D eigenvalue weighted by Crippen LogP contribution is 1.93. The van der Waals surface area contributed by atoms with Gasteiger partial charge in [0.1, 0.15) is 6.54 Å². The third kappa shape index (κ3) is 4.78. The molecule has 1 heterocycles. The average Bonchev–Trinajstić information content (AvgIpc) is 2.84. The molecule has 2 N–H and O–H groups in total. The highest BCUT2D eigenvalue weighted by Gasteiger charge is 2.16. The fraction of sp³-hybridized carbons (Fsp3) is 0.556. The Hall–Kier alpha value is -2.16. The number of aliphatic carboxylic acids is 1. The predicted octanol–water partition coefficient (Wildman–Crippen LogP) is -0.688. The Morgan fingerprint density at radius 3 is 2.94 bits per heavy atom. The van der Waals surface area contributed by atoms with Gasteiger partial charge in [-0.1, -0.05) is 5.16 Å². The van der Waals surface area contributed by atoms with Gasteiger partial charge in [-0.2, -0.15) is 4.98 Å². The van der Waals surface area contributed by atoms with Crippen LogP contribution in [0.15, 0.2) is 10.9 Å². The minimum absolute atomic E-state index is 0.0679. The molecule has 0 atom stereocenters. The molecule has 1 aromatic heterocycles. The second-order valence-corrected chi connectivity index (χ2v) is 3.31. The van der Waals surface area contributed by atoms with E-state index in [4.69, 9.17) is 9.84 Å². The maximum Gasteiger partial charge on any atom is 0.323 e. The monoisotopic (exact) mass is 258 g/mol. The molecule has 9 heteroatoms. The number of hydrogen-bond donors (Lipinski definition) is 2. The normalized spacial score (nSPS) is 10.1. The first kappa shape index (κ1) is 13.9. The van der Waals surface area contributed by atoms with Gasteiger partial charge >= 0.3 is 12.0 Å². The van der Waals surface area contributed by atoms with Crippen LogP contribution >= 0.6 is 0 Å². The van der Waals surface area contributed by atoms with Crippen LogP contribution < -0.4 is 5.32 Å². The lowest BCUT2D eigenvalue weighted by Gasteiger charge is -2.20. The first-order valence-electron chi connectivity index (χ1n) is 5.12. The first-order valence-corrected chi connectivity index (χ1v) is 5.12. The van der Waals surface area contributed by atoms with E-state index in [0.29, 0.717) is 5.82 Å². The Morgan fingerprint density at radius 2 is 2.39 bits per heavy atom. The van der Waals surface area contributed by atoms with E-state index in [1.54, 1.807) is 0 Å². The van der Waals surface area contributed by atoms with Crippen molar-refractivity contribution in [3.05, 3.63) is 12.2 Å². The van der Waals surface area contributed by atoms with Crippen LogP contribution in [-0.4, -0.2) is 59.0 Å². The van der Waals surface area contributed by atoms with Gasteiger partial charge in [0.05, 0.1) is 13.2 Å². The van der Waals surface area contributed by atoms with Crippen molar-refractivity contribution >= 4 is 12.0 Å². The smallest absolute Gasteiger partial charge is 0.323 e. The fourth-order valence-electron chi connectivity index (χ4n) is 1.15. The number of carbonyl (C=O) groups excluding carboxylic acids is 1. The van der Waals surface area contributed by atoms with Crippen molar-refractivity contribution in [2.24, 2.45) is 0 Å². The molecule has 0 spiro atoms. The number of urea groups is 1. The maximum atomic E-state index is 11.7. The van der Waals surface area contributed by atoms with E-state index in [1.165, 1.54) is 7.11 Å². The van der Waals surface area contributed by atoms with E-state index in [1.807, 2.05) is 0 Å². The highest BCUT2D eigenvalue weighted by molar-refractivity contribution is 5.79. The van der Waals surface area contributed by atoms with Crippen LogP contribution in [0.25, 0.3) is 0 Å². The number of rotatable bonds is 7. The van der Waals surface area contributed by atoms with E-state index in [9.17, 15) is 9.59 Å². The van der Waals surface area contributed by atoms with Gasteiger partial charge in [0.2, 0.25) is 6.39 Å². The van der Waals surface area contributed by atoms with Crippen LogP contribution in [0, 0.1) is 0 Å². The third-order valence-electron chi connectivity index (χ3n) is 1.98. The lowest BCUT2D eigenvalue weighted by atomic mass is 10.5. The summed E-state index contributed by atoms with van der Waals surface area (Å²) >= 11 is 0. The SMILES string of the molecule is COCCN(CC(=O)O)C(=O)NCc1ncon1. The summed E-state index contributed by atoms with van der Waals surface area (Å²) in [5.74, 6) is -0.786. The highest BCUT2D eigenvalue weighted by atomic mass is 16.5. The van der Waals surface area contributed by atoms with E-state index >= 15 is 0 Å². The van der Waals surface area contributed by atoms with Gasteiger partial charge in [0, 0.05) is 13.7 Å². The van der Waals surface area contributed by atoms with Crippen LogP contribution in [0.3, 0.4) is 0 Å². The number of carbonyl (C=O) groups is 2. The summed E-state index contributed by atoms with van der Waals surface area (Å²) < 4.78 is 9.30. The fourth-order valence-corrected chi connectivity index (χ4v) is 1.15. The summed E-state index contributed by atoms with van der Waals surface area (Å²) in [6.45, 7) is 0.101. The molecule has 0 saturated carbocycles. The molecule has 0 aliphatic heterocycles. The van der Waals surface area contributed by atoms with Crippen LogP contribution in [0.5, 0.6) is 0 Å². The molecule has 100 valence electrons. The quantitative estimate of drug-likeness (QED) is 0.664. The van der Waals surface area contributed by atoms with Crippen molar-refractivity contribution in [3.8, 4) is 0 Å². The Labute approximate surface area is 103 Å². The minimum atomic E-state index is -1.10. The van der Waals surface area contributed by atoms with Crippen molar-refractivity contribution < 1.29 is 24.0 Å². The zero-order valence-corrected chi connectivity index (χ0v) is 9.83. The maximum absolute atomic E-state index is 11.7. The van der Waals surface area contributed by atoms with Crippen LogP contribution in [0.2, 0.25) is 0 Å².